The molecule has 8 nitrogen and oxygen atoms in total. The second-order valence-electron chi connectivity index (χ2n) is 10.2. The molecule has 0 bridgehead atoms. The number of carbonyl (C=O) groups is 2. The highest BCUT2D eigenvalue weighted by atomic mass is 79.9. The van der Waals surface area contributed by atoms with Gasteiger partial charge in [-0.25, -0.2) is 12.8 Å². The van der Waals surface area contributed by atoms with Crippen LogP contribution in [0.4, 0.5) is 10.1 Å². The summed E-state index contributed by atoms with van der Waals surface area (Å²) in [5.41, 5.74) is 0.289. The summed E-state index contributed by atoms with van der Waals surface area (Å²) in [5, 5.41) is 2.88. The Morgan fingerprint density at radius 1 is 1.02 bits per heavy atom. The Bertz CT molecular complexity index is 1440. The van der Waals surface area contributed by atoms with Crippen molar-refractivity contribution >= 4 is 43.5 Å². The molecule has 11 heteroatoms. The van der Waals surface area contributed by atoms with Crippen molar-refractivity contribution < 1.29 is 27.1 Å². The van der Waals surface area contributed by atoms with Gasteiger partial charge in [-0.2, -0.15) is 0 Å². The van der Waals surface area contributed by atoms with Crippen LogP contribution in [-0.2, 0) is 26.2 Å². The average Bonchev–Trinajstić information content (AvgIpc) is 2.89. The molecule has 0 aliphatic rings. The van der Waals surface area contributed by atoms with Gasteiger partial charge in [0.05, 0.1) is 17.7 Å². The number of nitrogens with one attached hydrogen (secondary N) is 1. The molecule has 0 saturated heterocycles. The molecule has 1 N–H and O–H groups in total. The zero-order chi connectivity index (χ0) is 29.7. The van der Waals surface area contributed by atoms with Crippen LogP contribution >= 0.6 is 15.9 Å². The molecule has 3 rings (SSSR count). The molecule has 0 fully saturated rings. The van der Waals surface area contributed by atoms with Crippen LogP contribution in [0.25, 0.3) is 0 Å². The molecule has 1 atom stereocenters. The number of amides is 2. The van der Waals surface area contributed by atoms with Crippen LogP contribution in [0.15, 0.2) is 82.2 Å². The first-order chi connectivity index (χ1) is 18.7. The van der Waals surface area contributed by atoms with E-state index < -0.39 is 39.9 Å². The molecule has 214 valence electrons. The number of anilines is 1. The van der Waals surface area contributed by atoms with Gasteiger partial charge in [0.2, 0.25) is 11.8 Å². The second-order valence-corrected chi connectivity index (χ2v) is 13.0. The molecule has 0 unspecified atom stereocenters. The van der Waals surface area contributed by atoms with Gasteiger partial charge in [-0.05, 0) is 93.9 Å². The molecule has 0 spiro atoms. The molecule has 0 saturated carbocycles. The third kappa shape index (κ3) is 8.04. The molecular weight excluding hydrogens is 601 g/mol. The Kier molecular flexibility index (Phi) is 9.96. The molecule has 2 amide bonds. The highest BCUT2D eigenvalue weighted by Gasteiger charge is 2.33. The van der Waals surface area contributed by atoms with E-state index in [1.807, 2.05) is 39.0 Å². The summed E-state index contributed by atoms with van der Waals surface area (Å²) in [4.78, 5) is 28.3. The van der Waals surface area contributed by atoms with E-state index >= 15 is 0 Å². The number of benzene rings is 3. The van der Waals surface area contributed by atoms with Crippen molar-refractivity contribution in [3.8, 4) is 5.75 Å². The van der Waals surface area contributed by atoms with Crippen LogP contribution in [0.1, 0.15) is 33.3 Å². The Labute approximate surface area is 243 Å². The Balaban J connectivity index is 2.03. The molecule has 0 heterocycles. The fourth-order valence-electron chi connectivity index (χ4n) is 3.90. The predicted octanol–water partition coefficient (Wildman–Crippen LogP) is 5.12. The van der Waals surface area contributed by atoms with Crippen molar-refractivity contribution in [1.82, 2.24) is 10.2 Å². The van der Waals surface area contributed by atoms with Gasteiger partial charge in [-0.3, -0.25) is 13.9 Å². The summed E-state index contributed by atoms with van der Waals surface area (Å²) in [7, 11) is -2.81. The molecular formula is C29H33BrFN3O5S. The molecule has 40 heavy (non-hydrogen) atoms. The van der Waals surface area contributed by atoms with Gasteiger partial charge in [-0.15, -0.1) is 0 Å². The van der Waals surface area contributed by atoms with Gasteiger partial charge in [0.15, 0.2) is 0 Å². The van der Waals surface area contributed by atoms with Gasteiger partial charge in [0.1, 0.15) is 24.2 Å². The van der Waals surface area contributed by atoms with Crippen molar-refractivity contribution in [3.63, 3.8) is 0 Å². The number of methoxy groups -OCH3 is 1. The standard InChI is InChI=1S/C29H33BrFN3O5S/c1-20(28(36)32-29(2,3)4)33(18-21-7-6-8-22(30)17-21)27(35)19-34(24-11-9-23(31)10-12-24)40(37,38)26-15-13-25(39-5)14-16-26/h6-17,20H,18-19H2,1-5H3,(H,32,36)/t20-/m1/s1. The van der Waals surface area contributed by atoms with Crippen molar-refractivity contribution in [3.05, 3.63) is 88.6 Å². The minimum atomic E-state index is -4.28. The molecule has 0 radical (unpaired) electrons. The first-order valence-corrected chi connectivity index (χ1v) is 14.7. The van der Waals surface area contributed by atoms with Crippen LogP contribution in [0.2, 0.25) is 0 Å². The third-order valence-corrected chi connectivity index (χ3v) is 8.23. The van der Waals surface area contributed by atoms with Crippen LogP contribution < -0.4 is 14.4 Å². The van der Waals surface area contributed by atoms with Gasteiger partial charge in [0.25, 0.3) is 10.0 Å². The number of rotatable bonds is 10. The van der Waals surface area contributed by atoms with Crippen LogP contribution in [0, 0.1) is 5.82 Å². The molecule has 0 aliphatic carbocycles. The van der Waals surface area contributed by atoms with E-state index in [2.05, 4.69) is 21.2 Å². The van der Waals surface area contributed by atoms with Crippen LogP contribution in [0.3, 0.4) is 0 Å². The largest absolute Gasteiger partial charge is 0.497 e. The maximum atomic E-state index is 13.9. The number of halogens is 2. The minimum Gasteiger partial charge on any atom is -0.497 e. The Morgan fingerprint density at radius 2 is 1.65 bits per heavy atom. The fraction of sp³-hybridized carbons (Fsp3) is 0.310. The molecule has 3 aromatic rings. The Hall–Kier alpha value is -3.44. The molecule has 3 aromatic carbocycles. The van der Waals surface area contributed by atoms with E-state index in [-0.39, 0.29) is 23.0 Å². The average molecular weight is 635 g/mol. The first-order valence-electron chi connectivity index (χ1n) is 12.5. The lowest BCUT2D eigenvalue weighted by Gasteiger charge is -2.33. The van der Waals surface area contributed by atoms with E-state index in [0.29, 0.717) is 5.75 Å². The number of nitrogens with zero attached hydrogens (tertiary/aromatic N) is 2. The molecule has 0 aromatic heterocycles. The topological polar surface area (TPSA) is 96.0 Å². The maximum Gasteiger partial charge on any atom is 0.264 e. The van der Waals surface area contributed by atoms with Crippen LogP contribution in [-0.4, -0.2) is 50.4 Å². The van der Waals surface area contributed by atoms with Gasteiger partial charge < -0.3 is 15.0 Å². The predicted molar refractivity (Wildman–Crippen MR) is 156 cm³/mol. The summed E-state index contributed by atoms with van der Waals surface area (Å²) < 4.78 is 48.2. The molecule has 0 aliphatic heterocycles. The number of sulfonamides is 1. The highest BCUT2D eigenvalue weighted by molar-refractivity contribution is 9.10. The third-order valence-electron chi connectivity index (χ3n) is 5.95. The van der Waals surface area contributed by atoms with Gasteiger partial charge in [0, 0.05) is 16.6 Å². The SMILES string of the molecule is COc1ccc(S(=O)(=O)N(CC(=O)N(Cc2cccc(Br)c2)[C@H](C)C(=O)NC(C)(C)C)c2ccc(F)cc2)cc1. The second kappa shape index (κ2) is 12.8. The minimum absolute atomic E-state index is 0.0524. The summed E-state index contributed by atoms with van der Waals surface area (Å²) in [5.74, 6) is -1.09. The van der Waals surface area contributed by atoms with Gasteiger partial charge >= 0.3 is 0 Å². The zero-order valence-electron chi connectivity index (χ0n) is 23.0. The zero-order valence-corrected chi connectivity index (χ0v) is 25.4. The monoisotopic (exact) mass is 633 g/mol. The quantitative estimate of drug-likeness (QED) is 0.334. The van der Waals surface area contributed by atoms with Crippen molar-refractivity contribution in [2.45, 2.75) is 50.7 Å². The summed E-state index contributed by atoms with van der Waals surface area (Å²) >= 11 is 3.42. The van der Waals surface area contributed by atoms with Crippen LogP contribution in [0.5, 0.6) is 5.75 Å². The van der Waals surface area contributed by atoms with E-state index in [4.69, 9.17) is 4.74 Å². The fourth-order valence-corrected chi connectivity index (χ4v) is 5.76. The lowest BCUT2D eigenvalue weighted by Crippen LogP contribution is -2.54. The van der Waals surface area contributed by atoms with Crippen molar-refractivity contribution in [2.24, 2.45) is 0 Å². The lowest BCUT2D eigenvalue weighted by molar-refractivity contribution is -0.140. The maximum absolute atomic E-state index is 13.9. The number of hydrogen-bond acceptors (Lipinski definition) is 5. The number of ether oxygens (including phenoxy) is 1. The van der Waals surface area contributed by atoms with E-state index in [1.165, 1.54) is 48.4 Å². The van der Waals surface area contributed by atoms with E-state index in [0.717, 1.165) is 26.5 Å². The summed E-state index contributed by atoms with van der Waals surface area (Å²) in [6.07, 6.45) is 0. The van der Waals surface area contributed by atoms with Crippen molar-refractivity contribution in [1.29, 1.82) is 0 Å². The van der Waals surface area contributed by atoms with Gasteiger partial charge in [-0.1, -0.05) is 28.1 Å². The number of hydrogen-bond donors (Lipinski definition) is 1. The normalized spacial score (nSPS) is 12.4. The van der Waals surface area contributed by atoms with Crippen molar-refractivity contribution in [2.75, 3.05) is 18.0 Å². The lowest BCUT2D eigenvalue weighted by atomic mass is 10.1. The van der Waals surface area contributed by atoms with E-state index in [9.17, 15) is 22.4 Å². The smallest absolute Gasteiger partial charge is 0.264 e. The number of carbonyl (C=O) groups excluding carboxylic acids is 2. The Morgan fingerprint density at radius 3 is 2.20 bits per heavy atom. The first kappa shape index (κ1) is 31.1. The van der Waals surface area contributed by atoms with E-state index in [1.54, 1.807) is 13.0 Å². The summed E-state index contributed by atoms with van der Waals surface area (Å²) in [6.45, 7) is 6.51. The summed E-state index contributed by atoms with van der Waals surface area (Å²) in [6, 6.07) is 16.9. The highest BCUT2D eigenvalue weighted by Crippen LogP contribution is 2.26.